The number of H-pyrrole nitrogens is 1. The number of Topliss-reactive ketones (excluding diaryl/α,β-unsaturated/α-hetero) is 1. The van der Waals surface area contributed by atoms with Gasteiger partial charge in [-0.2, -0.15) is 0 Å². The van der Waals surface area contributed by atoms with Gasteiger partial charge in [0.1, 0.15) is 5.65 Å². The summed E-state index contributed by atoms with van der Waals surface area (Å²) in [6, 6.07) is 3.64. The highest BCUT2D eigenvalue weighted by molar-refractivity contribution is 6.26. The van der Waals surface area contributed by atoms with E-state index in [-0.39, 0.29) is 29.7 Å². The number of rotatable bonds is 4. The lowest BCUT2D eigenvalue weighted by Crippen LogP contribution is -2.35. The number of piperidine rings is 1. The van der Waals surface area contributed by atoms with Gasteiger partial charge in [-0.3, -0.25) is 4.79 Å². The van der Waals surface area contributed by atoms with Crippen molar-refractivity contribution < 1.29 is 24.5 Å². The summed E-state index contributed by atoms with van der Waals surface area (Å²) in [5, 5.41) is 19.6. The molecule has 0 bridgehead atoms. The molecule has 0 unspecified atom stereocenters. The Kier molecular flexibility index (Phi) is 4.41. The average Bonchev–Trinajstić information content (AvgIpc) is 3.24. The Morgan fingerprint density at radius 2 is 2.19 bits per heavy atom. The second-order valence-corrected chi connectivity index (χ2v) is 6.68. The van der Waals surface area contributed by atoms with Crippen molar-refractivity contribution >= 4 is 28.9 Å². The van der Waals surface area contributed by atoms with E-state index in [1.807, 2.05) is 6.07 Å². The highest BCUT2D eigenvalue weighted by Crippen LogP contribution is 2.32. The van der Waals surface area contributed by atoms with Gasteiger partial charge >= 0.3 is 5.97 Å². The minimum atomic E-state index is -1.30. The third kappa shape index (κ3) is 3.08. The summed E-state index contributed by atoms with van der Waals surface area (Å²) in [6.07, 6.45) is 6.34. The molecule has 0 spiro atoms. The zero-order valence-corrected chi connectivity index (χ0v) is 14.5. The molecule has 4 heterocycles. The number of carboxylic acids is 1. The van der Waals surface area contributed by atoms with E-state index in [2.05, 4.69) is 9.97 Å². The molecule has 0 amide bonds. The van der Waals surface area contributed by atoms with Crippen molar-refractivity contribution in [3.8, 4) is 0 Å². The van der Waals surface area contributed by atoms with Crippen molar-refractivity contribution in [1.82, 2.24) is 14.9 Å². The second kappa shape index (κ2) is 6.88. The number of nitrogens with one attached hydrogen (secondary N) is 1. The van der Waals surface area contributed by atoms with Gasteiger partial charge < -0.3 is 24.8 Å². The van der Waals surface area contributed by atoms with E-state index in [0.717, 1.165) is 18.2 Å². The van der Waals surface area contributed by atoms with Crippen molar-refractivity contribution in [3.63, 3.8) is 0 Å². The number of aliphatic carboxylic acids is 1. The number of hydrogen-bond donors (Lipinski definition) is 3. The first-order valence-corrected chi connectivity index (χ1v) is 8.78. The van der Waals surface area contributed by atoms with Gasteiger partial charge in [0.05, 0.1) is 0 Å². The lowest BCUT2D eigenvalue weighted by atomic mass is 9.98. The Hall–Kier alpha value is -3.13. The van der Waals surface area contributed by atoms with E-state index in [1.54, 1.807) is 29.4 Å². The van der Waals surface area contributed by atoms with Gasteiger partial charge in [-0.05, 0) is 37.0 Å². The van der Waals surface area contributed by atoms with Crippen LogP contribution in [0.5, 0.6) is 0 Å². The van der Waals surface area contributed by atoms with E-state index >= 15 is 0 Å². The molecule has 0 atom stereocenters. The summed E-state index contributed by atoms with van der Waals surface area (Å²) in [5.41, 5.74) is 1.03. The smallest absolute Gasteiger partial charge is 0.345 e. The molecule has 0 aliphatic carbocycles. The van der Waals surface area contributed by atoms with Crippen LogP contribution in [-0.4, -0.2) is 56.5 Å². The molecule has 1 fully saturated rings. The molecule has 3 N–H and O–H groups in total. The largest absolute Gasteiger partial charge is 0.477 e. The number of aliphatic hydroxyl groups excluding tert-OH is 1. The Bertz CT molecular complexity index is 967. The molecule has 0 aromatic carbocycles. The monoisotopic (exact) mass is 369 g/mol. The van der Waals surface area contributed by atoms with E-state index in [4.69, 9.17) is 4.74 Å². The summed E-state index contributed by atoms with van der Waals surface area (Å²) < 4.78 is 5.72. The average molecular weight is 369 g/mol. The molecule has 2 aliphatic rings. The number of ether oxygens (including phenoxy) is 1. The predicted octanol–water partition coefficient (Wildman–Crippen LogP) is 1.50. The van der Waals surface area contributed by atoms with E-state index < -0.39 is 11.8 Å². The van der Waals surface area contributed by atoms with E-state index in [0.29, 0.717) is 24.3 Å². The summed E-state index contributed by atoms with van der Waals surface area (Å²) in [5.74, 6) is -1.67. The lowest BCUT2D eigenvalue weighted by Gasteiger charge is -2.32. The van der Waals surface area contributed by atoms with Gasteiger partial charge in [0.15, 0.2) is 11.3 Å². The van der Waals surface area contributed by atoms with Crippen LogP contribution in [0.3, 0.4) is 0 Å². The highest BCUT2D eigenvalue weighted by atomic mass is 16.5. The Morgan fingerprint density at radius 3 is 2.89 bits per heavy atom. The lowest BCUT2D eigenvalue weighted by molar-refractivity contribution is -0.134. The fraction of sp³-hybridized carbons (Fsp3) is 0.316. The van der Waals surface area contributed by atoms with Crippen molar-refractivity contribution in [2.24, 2.45) is 5.92 Å². The van der Waals surface area contributed by atoms with Crippen LogP contribution in [0.4, 0.5) is 0 Å². The number of hydrogen-bond acceptors (Lipinski definition) is 6. The molecule has 8 nitrogen and oxygen atoms in total. The molecular weight excluding hydrogens is 350 g/mol. The number of likely N-dealkylation sites (tertiary alicyclic amines) is 1. The number of aliphatic hydroxyl groups is 1. The fourth-order valence-corrected chi connectivity index (χ4v) is 3.48. The highest BCUT2D eigenvalue weighted by Gasteiger charge is 2.39. The van der Waals surface area contributed by atoms with Crippen LogP contribution in [0.25, 0.3) is 17.1 Å². The molecular formula is C19H19N3O5. The minimum absolute atomic E-state index is 0.0172. The third-order valence-corrected chi connectivity index (χ3v) is 5.01. The van der Waals surface area contributed by atoms with Crippen LogP contribution >= 0.6 is 0 Å². The van der Waals surface area contributed by atoms with Gasteiger partial charge in [0.2, 0.25) is 11.7 Å². The first-order valence-electron chi connectivity index (χ1n) is 8.78. The molecule has 4 rings (SSSR count). The third-order valence-electron chi connectivity index (χ3n) is 5.01. The molecule has 8 heteroatoms. The first-order chi connectivity index (χ1) is 13.1. The number of fused-ring (bicyclic) bond motifs is 1. The SMILES string of the molecule is O=C(O)C1=C(N2CCC(CO)CC2)OC(=Cc2c[nH]c3ncccc23)C1=O. The standard InChI is InChI=1S/C19H19N3O5/c23-10-11-3-6-22(7-4-11)18-15(19(25)26)16(24)14(27-18)8-12-9-21-17-13(12)2-1-5-20-17/h1-2,5,8-9,11,23H,3-4,6-7,10H2,(H,20,21)(H,25,26). The summed E-state index contributed by atoms with van der Waals surface area (Å²) >= 11 is 0. The van der Waals surface area contributed by atoms with Crippen molar-refractivity contribution in [3.05, 3.63) is 47.3 Å². The number of pyridine rings is 1. The fourth-order valence-electron chi connectivity index (χ4n) is 3.48. The molecule has 0 radical (unpaired) electrons. The maximum Gasteiger partial charge on any atom is 0.345 e. The Balaban J connectivity index is 1.65. The molecule has 2 aliphatic heterocycles. The Morgan fingerprint density at radius 1 is 1.41 bits per heavy atom. The zero-order valence-electron chi connectivity index (χ0n) is 14.5. The summed E-state index contributed by atoms with van der Waals surface area (Å²) in [6.45, 7) is 1.18. The van der Waals surface area contributed by atoms with Crippen molar-refractivity contribution in [2.45, 2.75) is 12.8 Å². The molecule has 2 aromatic heterocycles. The van der Waals surface area contributed by atoms with Crippen molar-refractivity contribution in [2.75, 3.05) is 19.7 Å². The second-order valence-electron chi connectivity index (χ2n) is 6.68. The number of carbonyl (C=O) groups excluding carboxylic acids is 1. The predicted molar refractivity (Wildman–Crippen MR) is 96.2 cm³/mol. The van der Waals surface area contributed by atoms with Crippen LogP contribution in [0.15, 0.2) is 41.7 Å². The van der Waals surface area contributed by atoms with Crippen LogP contribution in [0, 0.1) is 5.92 Å². The van der Waals surface area contributed by atoms with Gasteiger partial charge in [-0.1, -0.05) is 0 Å². The van der Waals surface area contributed by atoms with Crippen LogP contribution < -0.4 is 0 Å². The number of allylic oxidation sites excluding steroid dienone is 1. The molecule has 0 saturated carbocycles. The number of ketones is 1. The van der Waals surface area contributed by atoms with Gasteiger partial charge in [0.25, 0.3) is 0 Å². The van der Waals surface area contributed by atoms with Gasteiger partial charge in [-0.15, -0.1) is 0 Å². The maximum atomic E-state index is 12.7. The van der Waals surface area contributed by atoms with Gasteiger partial charge in [0, 0.05) is 43.0 Å². The van der Waals surface area contributed by atoms with Gasteiger partial charge in [-0.25, -0.2) is 9.78 Å². The normalized spacial score (nSPS) is 20.0. The van der Waals surface area contributed by atoms with Crippen LogP contribution in [-0.2, 0) is 14.3 Å². The minimum Gasteiger partial charge on any atom is -0.477 e. The van der Waals surface area contributed by atoms with Crippen molar-refractivity contribution in [1.29, 1.82) is 0 Å². The number of nitrogens with zero attached hydrogens (tertiary/aromatic N) is 2. The number of carboxylic acid groups (broad SMARTS) is 1. The topological polar surface area (TPSA) is 116 Å². The Labute approximate surface area is 154 Å². The molecule has 140 valence electrons. The molecule has 2 aromatic rings. The summed E-state index contributed by atoms with van der Waals surface area (Å²) in [4.78, 5) is 33.3. The van der Waals surface area contributed by atoms with Crippen LogP contribution in [0.2, 0.25) is 0 Å². The maximum absolute atomic E-state index is 12.7. The number of aromatic nitrogens is 2. The zero-order chi connectivity index (χ0) is 19.0. The quantitative estimate of drug-likeness (QED) is 0.552. The van der Waals surface area contributed by atoms with E-state index in [9.17, 15) is 19.8 Å². The number of carbonyl (C=O) groups is 2. The summed E-state index contributed by atoms with van der Waals surface area (Å²) in [7, 11) is 0. The number of aromatic amines is 1. The molecule has 27 heavy (non-hydrogen) atoms. The first kappa shape index (κ1) is 17.3. The van der Waals surface area contributed by atoms with E-state index in [1.165, 1.54) is 0 Å². The van der Waals surface area contributed by atoms with Crippen LogP contribution in [0.1, 0.15) is 18.4 Å². The molecule has 1 saturated heterocycles.